The van der Waals surface area contributed by atoms with Crippen molar-refractivity contribution >= 4 is 39.1 Å². The molecule has 5 aliphatic rings. The number of phenolic OH excluding ortho intramolecular Hbond substituents is 1. The number of likely N-dealkylation sites (tertiary alicyclic amines) is 1. The molecule has 4 saturated heterocycles. The van der Waals surface area contributed by atoms with Crippen molar-refractivity contribution in [2.24, 2.45) is 17.3 Å². The van der Waals surface area contributed by atoms with Gasteiger partial charge in [0.15, 0.2) is 5.82 Å². The summed E-state index contributed by atoms with van der Waals surface area (Å²) in [5, 5.41) is 16.9. The van der Waals surface area contributed by atoms with E-state index in [2.05, 4.69) is 21.0 Å². The molecule has 260 valence electrons. The number of rotatable bonds is 8. The summed E-state index contributed by atoms with van der Waals surface area (Å²) in [5.41, 5.74) is 2.33. The first kappa shape index (κ1) is 32.2. The number of aromatic nitrogens is 2. The number of hydrogen-bond acceptors (Lipinski definition) is 8. The van der Waals surface area contributed by atoms with Gasteiger partial charge in [-0.3, -0.25) is 0 Å². The second-order valence-electron chi connectivity index (χ2n) is 15.8. The zero-order chi connectivity index (χ0) is 34.3. The van der Waals surface area contributed by atoms with E-state index in [1.54, 1.807) is 24.3 Å². The van der Waals surface area contributed by atoms with Crippen LogP contribution in [-0.4, -0.2) is 84.6 Å². The molecule has 50 heavy (non-hydrogen) atoms. The Labute approximate surface area is 297 Å². The molecule has 9 rings (SSSR count). The van der Waals surface area contributed by atoms with E-state index >= 15 is 4.39 Å². The van der Waals surface area contributed by atoms with Crippen LogP contribution in [0.25, 0.3) is 32.8 Å². The van der Waals surface area contributed by atoms with Gasteiger partial charge in [0.2, 0.25) is 0 Å². The van der Waals surface area contributed by atoms with E-state index in [1.807, 2.05) is 19.9 Å². The minimum absolute atomic E-state index is 0.0135. The fourth-order valence-electron chi connectivity index (χ4n) is 9.11. The summed E-state index contributed by atoms with van der Waals surface area (Å²) in [6, 6.07) is 9.69. The Morgan fingerprint density at radius 1 is 1.10 bits per heavy atom. The Morgan fingerprint density at radius 2 is 1.84 bits per heavy atom. The fraction of sp³-hybridized carbons (Fsp3) is 0.500. The van der Waals surface area contributed by atoms with Gasteiger partial charge >= 0.3 is 6.01 Å². The lowest BCUT2D eigenvalue weighted by Crippen LogP contribution is -2.51. The molecule has 8 nitrogen and oxygen atoms in total. The van der Waals surface area contributed by atoms with E-state index in [9.17, 15) is 5.11 Å². The highest BCUT2D eigenvalue weighted by Crippen LogP contribution is 2.49. The van der Waals surface area contributed by atoms with Crippen molar-refractivity contribution in [1.82, 2.24) is 20.2 Å². The minimum Gasteiger partial charge on any atom is -0.508 e. The number of hydrogen-bond donors (Lipinski definition) is 2. The molecule has 4 aromatic rings. The van der Waals surface area contributed by atoms with E-state index in [1.165, 1.54) is 0 Å². The molecule has 1 aromatic heterocycles. The summed E-state index contributed by atoms with van der Waals surface area (Å²) in [6.07, 6.45) is 10.4. The minimum atomic E-state index is -0.486. The SMILES string of the molecule is C#Cc1c(Cl)ccc2cc(O)cc(-c3c(C(C)C)cc4c(N5CC6CCC(C5)N6)nc(OCC5(CN6CC7COCC7C6)CC5)nc4c3F)c12. The lowest BCUT2D eigenvalue weighted by Gasteiger charge is -2.34. The summed E-state index contributed by atoms with van der Waals surface area (Å²) < 4.78 is 29.8. The van der Waals surface area contributed by atoms with E-state index < -0.39 is 5.82 Å². The third-order valence-electron chi connectivity index (χ3n) is 11.9. The van der Waals surface area contributed by atoms with Crippen LogP contribution in [0.1, 0.15) is 56.6 Å². The van der Waals surface area contributed by atoms with Gasteiger partial charge in [-0.1, -0.05) is 37.4 Å². The van der Waals surface area contributed by atoms with Crippen LogP contribution in [0.5, 0.6) is 11.8 Å². The summed E-state index contributed by atoms with van der Waals surface area (Å²) >= 11 is 6.60. The number of nitrogens with zero attached hydrogens (tertiary/aromatic N) is 4. The monoisotopic (exact) mass is 695 g/mol. The Hall–Kier alpha value is -3.68. The molecule has 2 N–H and O–H groups in total. The average molecular weight is 696 g/mol. The first-order valence-corrected chi connectivity index (χ1v) is 18.5. The molecule has 0 spiro atoms. The van der Waals surface area contributed by atoms with Crippen molar-refractivity contribution in [2.45, 2.75) is 57.5 Å². The molecular weight excluding hydrogens is 653 g/mol. The number of piperazine rings is 1. The second-order valence-corrected chi connectivity index (χ2v) is 16.2. The van der Waals surface area contributed by atoms with E-state index in [-0.39, 0.29) is 28.6 Å². The van der Waals surface area contributed by atoms with Crippen LogP contribution in [0.2, 0.25) is 5.02 Å². The maximum Gasteiger partial charge on any atom is 0.319 e. The zero-order valence-corrected chi connectivity index (χ0v) is 29.4. The smallest absolute Gasteiger partial charge is 0.319 e. The van der Waals surface area contributed by atoms with Crippen LogP contribution < -0.4 is 15.0 Å². The molecular formula is C40H43ClFN5O3. The third-order valence-corrected chi connectivity index (χ3v) is 12.2. The molecule has 10 heteroatoms. The Balaban J connectivity index is 1.16. The number of aromatic hydroxyl groups is 1. The number of fused-ring (bicyclic) bond motifs is 5. The molecule has 0 radical (unpaired) electrons. The Kier molecular flexibility index (Phi) is 7.89. The van der Waals surface area contributed by atoms with Crippen molar-refractivity contribution in [3.8, 4) is 35.2 Å². The number of ether oxygens (including phenoxy) is 2. The molecule has 3 aromatic carbocycles. The standard InChI is InChI=1S/C40H43ClFN5O3/c1-4-29-33(41)8-5-23-11-28(48)12-31(34(23)29)35-30(22(2)3)13-32-37(36(35)42)44-39(45-38(32)47-16-26-6-7-27(17-47)43-26)50-21-40(9-10-40)20-46-14-24-18-49-19-25(24)15-46/h1,5,8,11-13,22,24-27,43,48H,6-7,9-10,14-21H2,2-3H3. The first-order valence-electron chi connectivity index (χ1n) is 18.1. The molecule has 0 amide bonds. The van der Waals surface area contributed by atoms with E-state index in [0.29, 0.717) is 74.2 Å². The highest BCUT2D eigenvalue weighted by molar-refractivity contribution is 6.33. The van der Waals surface area contributed by atoms with Crippen LogP contribution in [-0.2, 0) is 4.74 Å². The van der Waals surface area contributed by atoms with Gasteiger partial charge in [-0.2, -0.15) is 9.97 Å². The first-order chi connectivity index (χ1) is 24.2. The number of terminal acetylenes is 1. The van der Waals surface area contributed by atoms with Gasteiger partial charge in [-0.05, 0) is 72.4 Å². The number of benzene rings is 3. The molecule has 4 unspecified atom stereocenters. The van der Waals surface area contributed by atoms with E-state index in [4.69, 9.17) is 37.5 Å². The predicted octanol–water partition coefficient (Wildman–Crippen LogP) is 6.73. The second kappa shape index (κ2) is 12.2. The molecule has 4 atom stereocenters. The quantitative estimate of drug-likeness (QED) is 0.197. The molecule has 1 aliphatic carbocycles. The number of nitrogens with one attached hydrogen (secondary N) is 1. The summed E-state index contributed by atoms with van der Waals surface area (Å²) in [7, 11) is 0. The third kappa shape index (κ3) is 5.56. The van der Waals surface area contributed by atoms with Crippen molar-refractivity contribution < 1.29 is 19.0 Å². The molecule has 5 fully saturated rings. The Bertz CT molecular complexity index is 2040. The lowest BCUT2D eigenvalue weighted by molar-refractivity contribution is 0.131. The number of phenols is 1. The molecule has 5 heterocycles. The van der Waals surface area contributed by atoms with Crippen molar-refractivity contribution in [1.29, 1.82) is 0 Å². The van der Waals surface area contributed by atoms with Gasteiger partial charge in [0.25, 0.3) is 0 Å². The topological polar surface area (TPSA) is 83.0 Å². The van der Waals surface area contributed by atoms with Crippen molar-refractivity contribution in [3.05, 3.63) is 52.3 Å². The number of anilines is 1. The highest BCUT2D eigenvalue weighted by Gasteiger charge is 2.48. The van der Waals surface area contributed by atoms with Crippen LogP contribution >= 0.6 is 11.6 Å². The molecule has 1 saturated carbocycles. The molecule has 2 bridgehead atoms. The van der Waals surface area contributed by atoms with Crippen LogP contribution in [0.15, 0.2) is 30.3 Å². The van der Waals surface area contributed by atoms with Gasteiger partial charge in [0.1, 0.15) is 17.1 Å². The number of halogens is 2. The van der Waals surface area contributed by atoms with Crippen molar-refractivity contribution in [2.75, 3.05) is 57.4 Å². The van der Waals surface area contributed by atoms with Gasteiger partial charge in [0, 0.05) is 78.4 Å². The van der Waals surface area contributed by atoms with Crippen LogP contribution in [0, 0.1) is 35.4 Å². The lowest BCUT2D eigenvalue weighted by atomic mass is 9.86. The van der Waals surface area contributed by atoms with E-state index in [0.717, 1.165) is 77.2 Å². The largest absolute Gasteiger partial charge is 0.508 e. The summed E-state index contributed by atoms with van der Waals surface area (Å²) in [4.78, 5) is 14.8. The van der Waals surface area contributed by atoms with Crippen LogP contribution in [0.4, 0.5) is 10.2 Å². The van der Waals surface area contributed by atoms with Crippen molar-refractivity contribution in [3.63, 3.8) is 0 Å². The normalized spacial score (nSPS) is 25.5. The van der Waals surface area contributed by atoms with Gasteiger partial charge in [-0.15, -0.1) is 6.42 Å². The maximum absolute atomic E-state index is 17.6. The molecule has 4 aliphatic heterocycles. The summed E-state index contributed by atoms with van der Waals surface area (Å²) in [6.45, 7) is 11.0. The van der Waals surface area contributed by atoms with Gasteiger partial charge < -0.3 is 29.7 Å². The highest BCUT2D eigenvalue weighted by atomic mass is 35.5. The maximum atomic E-state index is 17.6. The zero-order valence-electron chi connectivity index (χ0n) is 28.6. The summed E-state index contributed by atoms with van der Waals surface area (Å²) in [5.74, 6) is 4.16. The van der Waals surface area contributed by atoms with Gasteiger partial charge in [-0.25, -0.2) is 4.39 Å². The van der Waals surface area contributed by atoms with Crippen LogP contribution in [0.3, 0.4) is 0 Å². The van der Waals surface area contributed by atoms with Gasteiger partial charge in [0.05, 0.1) is 30.4 Å². The average Bonchev–Trinajstić information content (AvgIpc) is 3.34. The predicted molar refractivity (Wildman–Crippen MR) is 195 cm³/mol. The Morgan fingerprint density at radius 3 is 2.52 bits per heavy atom. The fourth-order valence-corrected chi connectivity index (χ4v) is 9.32.